The molecule has 0 atom stereocenters. The minimum Gasteiger partial charge on any atom is -0.417 e. The Labute approximate surface area is 104 Å². The van der Waals surface area contributed by atoms with Gasteiger partial charge in [-0.15, -0.1) is 0 Å². The lowest BCUT2D eigenvalue weighted by Crippen LogP contribution is -1.96. The summed E-state index contributed by atoms with van der Waals surface area (Å²) < 4.78 is 10.7. The van der Waals surface area contributed by atoms with Crippen LogP contribution in [0.2, 0.25) is 5.02 Å². The van der Waals surface area contributed by atoms with E-state index in [0.717, 1.165) is 11.1 Å². The molecule has 2 N–H and O–H groups in total. The predicted molar refractivity (Wildman–Crippen MR) is 65.4 cm³/mol. The van der Waals surface area contributed by atoms with Gasteiger partial charge < -0.3 is 14.9 Å². The number of halogens is 1. The molecule has 0 saturated heterocycles. The van der Waals surface area contributed by atoms with E-state index in [2.05, 4.69) is 4.98 Å². The molecule has 0 radical (unpaired) electrons. The molecule has 0 bridgehead atoms. The Bertz CT molecular complexity index is 514. The Morgan fingerprint density at radius 3 is 2.53 bits per heavy atom. The van der Waals surface area contributed by atoms with Crippen LogP contribution in [0.4, 0.5) is 0 Å². The van der Waals surface area contributed by atoms with Crippen molar-refractivity contribution in [2.75, 3.05) is 0 Å². The quantitative estimate of drug-likeness (QED) is 0.911. The fourth-order valence-electron chi connectivity index (χ4n) is 1.57. The van der Waals surface area contributed by atoms with Gasteiger partial charge in [0.05, 0.1) is 5.69 Å². The van der Waals surface area contributed by atoms with Crippen molar-refractivity contribution in [3.8, 4) is 11.8 Å². The van der Waals surface area contributed by atoms with Crippen LogP contribution in [0.5, 0.6) is 11.8 Å². The molecule has 0 amide bonds. The fraction of sp³-hybridized carbons (Fsp3) is 0.250. The van der Waals surface area contributed by atoms with Gasteiger partial charge in [0.25, 0.3) is 0 Å². The van der Waals surface area contributed by atoms with Crippen molar-refractivity contribution in [2.45, 2.75) is 20.4 Å². The number of aromatic nitrogens is 1. The first kappa shape index (κ1) is 12.0. The number of hydrogen-bond donors (Lipinski definition) is 1. The molecule has 0 aliphatic heterocycles. The van der Waals surface area contributed by atoms with Crippen LogP contribution in [-0.4, -0.2) is 4.98 Å². The molecule has 0 fully saturated rings. The minimum absolute atomic E-state index is 0.193. The lowest BCUT2D eigenvalue weighted by molar-refractivity contribution is 0.327. The monoisotopic (exact) mass is 252 g/mol. The zero-order valence-electron chi connectivity index (χ0n) is 9.66. The number of nitrogens with zero attached hydrogens (tertiary/aromatic N) is 1. The van der Waals surface area contributed by atoms with E-state index in [4.69, 9.17) is 26.5 Å². The summed E-state index contributed by atoms with van der Waals surface area (Å²) >= 11 is 5.94. The second-order valence-corrected chi connectivity index (χ2v) is 4.22. The van der Waals surface area contributed by atoms with Crippen LogP contribution in [-0.2, 0) is 6.54 Å². The van der Waals surface area contributed by atoms with Gasteiger partial charge in [-0.05, 0) is 37.1 Å². The van der Waals surface area contributed by atoms with Gasteiger partial charge in [-0.25, -0.2) is 0 Å². The summed E-state index contributed by atoms with van der Waals surface area (Å²) in [5, 5.41) is 0.683. The summed E-state index contributed by atoms with van der Waals surface area (Å²) in [6.45, 7) is 4.16. The average Bonchev–Trinajstić information content (AvgIpc) is 2.71. The summed E-state index contributed by atoms with van der Waals surface area (Å²) in [5.41, 5.74) is 7.96. The van der Waals surface area contributed by atoms with Gasteiger partial charge in [-0.3, -0.25) is 0 Å². The smallest absolute Gasteiger partial charge is 0.399 e. The van der Waals surface area contributed by atoms with Crippen molar-refractivity contribution >= 4 is 11.6 Å². The van der Waals surface area contributed by atoms with E-state index >= 15 is 0 Å². The van der Waals surface area contributed by atoms with Crippen molar-refractivity contribution in [2.24, 2.45) is 5.73 Å². The van der Waals surface area contributed by atoms with Crippen molar-refractivity contribution in [3.05, 3.63) is 40.2 Å². The van der Waals surface area contributed by atoms with Gasteiger partial charge in [-0.2, -0.15) is 4.98 Å². The number of hydrogen-bond acceptors (Lipinski definition) is 4. The summed E-state index contributed by atoms with van der Waals surface area (Å²) in [6, 6.07) is 3.66. The third-order valence-electron chi connectivity index (χ3n) is 2.35. The van der Waals surface area contributed by atoms with Gasteiger partial charge >= 0.3 is 6.08 Å². The normalized spacial score (nSPS) is 10.6. The summed E-state index contributed by atoms with van der Waals surface area (Å²) in [7, 11) is 0. The van der Waals surface area contributed by atoms with E-state index in [1.165, 1.54) is 6.26 Å². The highest BCUT2D eigenvalue weighted by Gasteiger charge is 2.10. The molecule has 4 nitrogen and oxygen atoms in total. The number of rotatable bonds is 3. The largest absolute Gasteiger partial charge is 0.417 e. The SMILES string of the molecule is Cc1cc(Cl)cc(C)c1Oc1nc(CN)co1. The van der Waals surface area contributed by atoms with Gasteiger partial charge in [0.1, 0.15) is 12.0 Å². The maximum Gasteiger partial charge on any atom is 0.399 e. The maximum absolute atomic E-state index is 5.94. The minimum atomic E-state index is 0.193. The second-order valence-electron chi connectivity index (χ2n) is 3.78. The maximum atomic E-state index is 5.94. The molecule has 0 unspecified atom stereocenters. The number of benzene rings is 1. The molecule has 90 valence electrons. The molecular formula is C12H13ClN2O2. The van der Waals surface area contributed by atoms with Crippen LogP contribution in [0.25, 0.3) is 0 Å². The number of oxazole rings is 1. The zero-order chi connectivity index (χ0) is 12.4. The van der Waals surface area contributed by atoms with E-state index in [1.54, 1.807) is 0 Å². The molecule has 5 heteroatoms. The van der Waals surface area contributed by atoms with Crippen LogP contribution in [0.1, 0.15) is 16.8 Å². The zero-order valence-corrected chi connectivity index (χ0v) is 10.4. The van der Waals surface area contributed by atoms with Crippen molar-refractivity contribution in [3.63, 3.8) is 0 Å². The van der Waals surface area contributed by atoms with Crippen molar-refractivity contribution < 1.29 is 9.15 Å². The van der Waals surface area contributed by atoms with Crippen LogP contribution in [0.3, 0.4) is 0 Å². The van der Waals surface area contributed by atoms with Crippen molar-refractivity contribution in [1.29, 1.82) is 0 Å². The van der Waals surface area contributed by atoms with E-state index in [1.807, 2.05) is 26.0 Å². The van der Waals surface area contributed by atoms with E-state index in [-0.39, 0.29) is 6.08 Å². The summed E-state index contributed by atoms with van der Waals surface area (Å²) in [5.74, 6) is 0.708. The van der Waals surface area contributed by atoms with E-state index < -0.39 is 0 Å². The number of aryl methyl sites for hydroxylation is 2. The van der Waals surface area contributed by atoms with E-state index in [0.29, 0.717) is 23.0 Å². The lowest BCUT2D eigenvalue weighted by atomic mass is 10.1. The third-order valence-corrected chi connectivity index (χ3v) is 2.57. The Balaban J connectivity index is 2.29. The molecule has 0 aliphatic rings. The van der Waals surface area contributed by atoms with Gasteiger partial charge in [0, 0.05) is 11.6 Å². The second kappa shape index (κ2) is 4.77. The Morgan fingerprint density at radius 2 is 2.00 bits per heavy atom. The average molecular weight is 253 g/mol. The summed E-state index contributed by atoms with van der Waals surface area (Å²) in [6.07, 6.45) is 1.68. The molecule has 0 saturated carbocycles. The molecule has 2 rings (SSSR count). The summed E-state index contributed by atoms with van der Waals surface area (Å²) in [4.78, 5) is 4.08. The number of ether oxygens (including phenoxy) is 1. The van der Waals surface area contributed by atoms with Crippen LogP contribution >= 0.6 is 11.6 Å². The van der Waals surface area contributed by atoms with E-state index in [9.17, 15) is 0 Å². The first-order valence-corrected chi connectivity index (χ1v) is 5.57. The fourth-order valence-corrected chi connectivity index (χ4v) is 1.90. The Hall–Kier alpha value is -1.52. The highest BCUT2D eigenvalue weighted by atomic mass is 35.5. The molecule has 1 aromatic heterocycles. The van der Waals surface area contributed by atoms with Gasteiger partial charge in [-0.1, -0.05) is 11.6 Å². The highest BCUT2D eigenvalue weighted by Crippen LogP contribution is 2.30. The topological polar surface area (TPSA) is 61.3 Å². The van der Waals surface area contributed by atoms with Crippen LogP contribution in [0.15, 0.2) is 22.8 Å². The molecule has 0 aliphatic carbocycles. The molecule has 0 spiro atoms. The Kier molecular flexibility index (Phi) is 3.36. The standard InChI is InChI=1S/C12H13ClN2O2/c1-7-3-9(13)4-8(2)11(7)17-12-15-10(5-14)6-16-12/h3-4,6H,5,14H2,1-2H3. The van der Waals surface area contributed by atoms with Gasteiger partial charge in [0.15, 0.2) is 0 Å². The molecule has 1 aromatic carbocycles. The Morgan fingerprint density at radius 1 is 1.35 bits per heavy atom. The lowest BCUT2D eigenvalue weighted by Gasteiger charge is -2.08. The van der Waals surface area contributed by atoms with Crippen LogP contribution in [0, 0.1) is 13.8 Å². The predicted octanol–water partition coefficient (Wildman–Crippen LogP) is 3.20. The van der Waals surface area contributed by atoms with Gasteiger partial charge in [0.2, 0.25) is 0 Å². The highest BCUT2D eigenvalue weighted by molar-refractivity contribution is 6.30. The first-order chi connectivity index (χ1) is 8.10. The van der Waals surface area contributed by atoms with Crippen LogP contribution < -0.4 is 10.5 Å². The molecule has 17 heavy (non-hydrogen) atoms. The first-order valence-electron chi connectivity index (χ1n) is 5.19. The third kappa shape index (κ3) is 2.60. The van der Waals surface area contributed by atoms with Crippen molar-refractivity contribution in [1.82, 2.24) is 4.98 Å². The molecular weight excluding hydrogens is 240 g/mol. The molecule has 1 heterocycles. The molecule has 2 aromatic rings. The number of nitrogens with two attached hydrogens (primary N) is 1.